The van der Waals surface area contributed by atoms with Gasteiger partial charge in [0.1, 0.15) is 11.5 Å². The first kappa shape index (κ1) is 16.0. The smallest absolute Gasteiger partial charge is 0.469 e. The third-order valence-electron chi connectivity index (χ3n) is 2.05. The summed E-state index contributed by atoms with van der Waals surface area (Å²) < 4.78 is 72.4. The molecule has 0 saturated carbocycles. The summed E-state index contributed by atoms with van der Waals surface area (Å²) in [5.74, 6) is -2.08. The molecule has 1 aromatic carbocycles. The maximum absolute atomic E-state index is 12.2. The van der Waals surface area contributed by atoms with Gasteiger partial charge in [-0.25, -0.2) is 0 Å². The van der Waals surface area contributed by atoms with Crippen LogP contribution in [-0.4, -0.2) is 26.1 Å². The Bertz CT molecular complexity index is 472. The van der Waals surface area contributed by atoms with Crippen LogP contribution in [0.15, 0.2) is 18.2 Å². The molecular formula is C11H9F5O4. The summed E-state index contributed by atoms with van der Waals surface area (Å²) in [5.41, 5.74) is -0.0494. The van der Waals surface area contributed by atoms with Gasteiger partial charge in [0, 0.05) is 11.6 Å². The largest absolute Gasteiger partial charge is 0.573 e. The Labute approximate surface area is 110 Å². The number of ether oxygens (including phenoxy) is 3. The standard InChI is InChI=1S/C11H9F5O4/c1-18-9(17)4-6-2-3-7(20-11(14,15)16)5-8(6)19-10(12)13/h2-3,5,10H,4H2,1H3. The number of carbonyl (C=O) groups is 1. The highest BCUT2D eigenvalue weighted by Crippen LogP contribution is 2.30. The van der Waals surface area contributed by atoms with Gasteiger partial charge in [-0.3, -0.25) is 4.79 Å². The van der Waals surface area contributed by atoms with Crippen molar-refractivity contribution in [1.29, 1.82) is 0 Å². The van der Waals surface area contributed by atoms with E-state index >= 15 is 0 Å². The van der Waals surface area contributed by atoms with Crippen LogP contribution in [0.3, 0.4) is 0 Å². The lowest BCUT2D eigenvalue weighted by atomic mass is 10.1. The minimum Gasteiger partial charge on any atom is -0.469 e. The minimum atomic E-state index is -4.97. The van der Waals surface area contributed by atoms with Crippen molar-refractivity contribution in [1.82, 2.24) is 0 Å². The molecule has 0 atom stereocenters. The minimum absolute atomic E-state index is 0.0494. The van der Waals surface area contributed by atoms with Crippen molar-refractivity contribution in [3.05, 3.63) is 23.8 Å². The van der Waals surface area contributed by atoms with Crippen LogP contribution in [0, 0.1) is 0 Å². The summed E-state index contributed by atoms with van der Waals surface area (Å²) in [6.07, 6.45) is -5.39. The quantitative estimate of drug-likeness (QED) is 0.619. The first-order valence-electron chi connectivity index (χ1n) is 5.11. The number of benzene rings is 1. The van der Waals surface area contributed by atoms with Gasteiger partial charge in [0.15, 0.2) is 0 Å². The predicted octanol–water partition coefficient (Wildman–Crippen LogP) is 2.90. The molecule has 0 fully saturated rings. The fourth-order valence-electron chi connectivity index (χ4n) is 1.31. The number of carbonyl (C=O) groups excluding carboxylic acids is 1. The Morgan fingerprint density at radius 1 is 1.30 bits per heavy atom. The lowest BCUT2D eigenvalue weighted by Gasteiger charge is -2.13. The number of esters is 1. The van der Waals surface area contributed by atoms with Crippen molar-refractivity contribution in [3.63, 3.8) is 0 Å². The second kappa shape index (κ2) is 6.40. The van der Waals surface area contributed by atoms with Crippen LogP contribution in [0.4, 0.5) is 22.0 Å². The van der Waals surface area contributed by atoms with Gasteiger partial charge in [-0.15, -0.1) is 13.2 Å². The zero-order valence-corrected chi connectivity index (χ0v) is 10.0. The van der Waals surface area contributed by atoms with Gasteiger partial charge in [0.25, 0.3) is 0 Å². The highest BCUT2D eigenvalue weighted by molar-refractivity contribution is 5.73. The summed E-state index contributed by atoms with van der Waals surface area (Å²) in [6, 6.07) is 2.51. The van der Waals surface area contributed by atoms with E-state index in [9.17, 15) is 26.7 Å². The molecule has 0 aromatic heterocycles. The van der Waals surface area contributed by atoms with Crippen LogP contribution in [-0.2, 0) is 16.0 Å². The molecule has 0 heterocycles. The zero-order chi connectivity index (χ0) is 15.3. The molecule has 4 nitrogen and oxygen atoms in total. The number of hydrogen-bond donors (Lipinski definition) is 0. The van der Waals surface area contributed by atoms with E-state index in [1.165, 1.54) is 0 Å². The first-order chi connectivity index (χ1) is 9.21. The number of halogens is 5. The fraction of sp³-hybridized carbons (Fsp3) is 0.364. The molecule has 0 aliphatic heterocycles. The molecular weight excluding hydrogens is 291 g/mol. The lowest BCUT2D eigenvalue weighted by molar-refractivity contribution is -0.274. The molecule has 0 spiro atoms. The van der Waals surface area contributed by atoms with Crippen molar-refractivity contribution in [2.75, 3.05) is 7.11 Å². The van der Waals surface area contributed by atoms with Crippen LogP contribution >= 0.6 is 0 Å². The third-order valence-corrected chi connectivity index (χ3v) is 2.05. The van der Waals surface area contributed by atoms with Crippen LogP contribution in [0.25, 0.3) is 0 Å². The monoisotopic (exact) mass is 300 g/mol. The van der Waals surface area contributed by atoms with E-state index in [1.807, 2.05) is 0 Å². The second-order valence-corrected chi connectivity index (χ2v) is 3.45. The number of alkyl halides is 5. The molecule has 1 aromatic rings. The Balaban J connectivity index is 3.02. The molecule has 0 unspecified atom stereocenters. The summed E-state index contributed by atoms with van der Waals surface area (Å²) in [6.45, 7) is -3.26. The molecule has 0 aliphatic rings. The van der Waals surface area contributed by atoms with Crippen LogP contribution in [0.2, 0.25) is 0 Å². The van der Waals surface area contributed by atoms with Gasteiger partial charge >= 0.3 is 18.9 Å². The van der Waals surface area contributed by atoms with E-state index in [4.69, 9.17) is 0 Å². The summed E-state index contributed by atoms with van der Waals surface area (Å²) in [7, 11) is 1.08. The van der Waals surface area contributed by atoms with Crippen molar-refractivity contribution in [2.24, 2.45) is 0 Å². The van der Waals surface area contributed by atoms with Crippen molar-refractivity contribution in [3.8, 4) is 11.5 Å². The Hall–Kier alpha value is -2.06. The Morgan fingerprint density at radius 2 is 1.95 bits per heavy atom. The molecule has 0 radical (unpaired) electrons. The lowest BCUT2D eigenvalue weighted by Crippen LogP contribution is -2.17. The van der Waals surface area contributed by atoms with Crippen LogP contribution in [0.1, 0.15) is 5.56 Å². The molecule has 1 rings (SSSR count). The molecule has 9 heteroatoms. The average Bonchev–Trinajstić information content (AvgIpc) is 2.29. The molecule has 0 bridgehead atoms. The van der Waals surface area contributed by atoms with Gasteiger partial charge < -0.3 is 14.2 Å². The summed E-state index contributed by atoms with van der Waals surface area (Å²) in [4.78, 5) is 11.1. The van der Waals surface area contributed by atoms with Crippen LogP contribution in [0.5, 0.6) is 11.5 Å². The highest BCUT2D eigenvalue weighted by Gasteiger charge is 2.31. The SMILES string of the molecule is COC(=O)Cc1ccc(OC(F)(F)F)cc1OC(F)F. The number of methoxy groups -OCH3 is 1. The van der Waals surface area contributed by atoms with Crippen molar-refractivity contribution in [2.45, 2.75) is 19.4 Å². The molecule has 0 N–H and O–H groups in total. The predicted molar refractivity (Wildman–Crippen MR) is 55.5 cm³/mol. The highest BCUT2D eigenvalue weighted by atomic mass is 19.4. The van der Waals surface area contributed by atoms with E-state index in [2.05, 4.69) is 14.2 Å². The van der Waals surface area contributed by atoms with E-state index < -0.39 is 36.9 Å². The first-order valence-corrected chi connectivity index (χ1v) is 5.11. The van der Waals surface area contributed by atoms with Gasteiger partial charge in [-0.05, 0) is 6.07 Å². The molecule has 20 heavy (non-hydrogen) atoms. The number of hydrogen-bond acceptors (Lipinski definition) is 4. The maximum atomic E-state index is 12.2. The Kier molecular flexibility index (Phi) is 5.12. The molecule has 0 amide bonds. The summed E-state index contributed by atoms with van der Waals surface area (Å²) in [5, 5.41) is 0. The van der Waals surface area contributed by atoms with Gasteiger partial charge in [0.2, 0.25) is 0 Å². The second-order valence-electron chi connectivity index (χ2n) is 3.45. The van der Waals surface area contributed by atoms with E-state index in [0.717, 1.165) is 19.2 Å². The molecule has 0 saturated heterocycles. The topological polar surface area (TPSA) is 44.8 Å². The molecule has 112 valence electrons. The number of rotatable bonds is 5. The van der Waals surface area contributed by atoms with Gasteiger partial charge in [-0.1, -0.05) is 6.07 Å². The summed E-state index contributed by atoms with van der Waals surface area (Å²) >= 11 is 0. The van der Waals surface area contributed by atoms with E-state index in [-0.39, 0.29) is 5.56 Å². The fourth-order valence-corrected chi connectivity index (χ4v) is 1.31. The maximum Gasteiger partial charge on any atom is 0.573 e. The average molecular weight is 300 g/mol. The van der Waals surface area contributed by atoms with Crippen molar-refractivity contribution >= 4 is 5.97 Å². The van der Waals surface area contributed by atoms with Gasteiger partial charge in [0.05, 0.1) is 13.5 Å². The zero-order valence-electron chi connectivity index (χ0n) is 10.0. The van der Waals surface area contributed by atoms with Crippen molar-refractivity contribution < 1.29 is 41.0 Å². The van der Waals surface area contributed by atoms with E-state index in [0.29, 0.717) is 6.07 Å². The van der Waals surface area contributed by atoms with Crippen LogP contribution < -0.4 is 9.47 Å². The normalized spacial score (nSPS) is 11.3. The molecule has 0 aliphatic carbocycles. The Morgan fingerprint density at radius 3 is 2.45 bits per heavy atom. The third kappa shape index (κ3) is 5.29. The van der Waals surface area contributed by atoms with E-state index in [1.54, 1.807) is 0 Å². The van der Waals surface area contributed by atoms with Gasteiger partial charge in [-0.2, -0.15) is 8.78 Å².